The first-order valence-electron chi connectivity index (χ1n) is 6.38. The molecular weight excluding hydrogens is 262 g/mol. The highest BCUT2D eigenvalue weighted by molar-refractivity contribution is 5.72. The van der Waals surface area contributed by atoms with Gasteiger partial charge in [0.15, 0.2) is 11.2 Å². The van der Waals surface area contributed by atoms with Crippen LogP contribution in [0, 0.1) is 0 Å². The number of fused-ring (bicyclic) bond motifs is 1. The normalized spacial score (nSPS) is 12.8. The lowest BCUT2D eigenvalue weighted by Crippen LogP contribution is -2.36. The maximum atomic E-state index is 12.0. The van der Waals surface area contributed by atoms with Gasteiger partial charge >= 0.3 is 5.69 Å². The van der Waals surface area contributed by atoms with Crippen molar-refractivity contribution in [2.75, 3.05) is 18.5 Å². The molecular formula is C12H19N5O3. The summed E-state index contributed by atoms with van der Waals surface area (Å²) in [6.07, 6.45) is 0.184. The summed E-state index contributed by atoms with van der Waals surface area (Å²) in [7, 11) is 4.81. The molecule has 2 aromatic heterocycles. The molecule has 0 aliphatic heterocycles. The Kier molecular flexibility index (Phi) is 3.67. The number of aromatic nitrogens is 4. The monoisotopic (exact) mass is 281 g/mol. The highest BCUT2D eigenvalue weighted by Gasteiger charge is 2.15. The van der Waals surface area contributed by atoms with Crippen molar-refractivity contribution in [2.24, 2.45) is 14.1 Å². The second kappa shape index (κ2) is 5.12. The van der Waals surface area contributed by atoms with Crippen LogP contribution >= 0.6 is 0 Å². The molecule has 0 aliphatic carbocycles. The first kappa shape index (κ1) is 14.3. The quantitative estimate of drug-likeness (QED) is 0.762. The third-order valence-corrected chi connectivity index (χ3v) is 3.33. The van der Waals surface area contributed by atoms with Gasteiger partial charge in [-0.2, -0.15) is 4.98 Å². The molecule has 0 saturated heterocycles. The van der Waals surface area contributed by atoms with Crippen LogP contribution in [0.5, 0.6) is 0 Å². The molecule has 2 aromatic rings. The highest BCUT2D eigenvalue weighted by Crippen LogP contribution is 2.12. The molecule has 2 N–H and O–H groups in total. The van der Waals surface area contributed by atoms with E-state index in [0.717, 1.165) is 4.57 Å². The molecule has 8 nitrogen and oxygen atoms in total. The van der Waals surface area contributed by atoms with Crippen LogP contribution in [0.4, 0.5) is 5.95 Å². The van der Waals surface area contributed by atoms with E-state index in [1.807, 2.05) is 7.05 Å². The second-order valence-electron chi connectivity index (χ2n) is 5.02. The van der Waals surface area contributed by atoms with Gasteiger partial charge in [0.2, 0.25) is 5.95 Å². The number of aliphatic hydroxyl groups excluding tert-OH is 1. The predicted octanol–water partition coefficient (Wildman–Crippen LogP) is -0.833. The number of aromatic amines is 1. The van der Waals surface area contributed by atoms with Crippen molar-refractivity contribution in [2.45, 2.75) is 19.4 Å². The molecule has 0 radical (unpaired) electrons. The van der Waals surface area contributed by atoms with Crippen LogP contribution in [0.1, 0.15) is 13.3 Å². The molecule has 0 fully saturated rings. The first-order chi connectivity index (χ1) is 9.32. The Hall–Kier alpha value is -2.09. The number of nitrogens with zero attached hydrogens (tertiary/aromatic N) is 4. The van der Waals surface area contributed by atoms with Gasteiger partial charge in [-0.25, -0.2) is 4.79 Å². The number of aryl methyl sites for hydroxylation is 1. The van der Waals surface area contributed by atoms with Crippen LogP contribution in [-0.2, 0) is 14.1 Å². The molecule has 2 rings (SSSR count). The summed E-state index contributed by atoms with van der Waals surface area (Å²) in [6.45, 7) is 2.30. The number of hydrogen-bond donors (Lipinski definition) is 2. The van der Waals surface area contributed by atoms with Crippen LogP contribution in [0.15, 0.2) is 9.59 Å². The van der Waals surface area contributed by atoms with Crippen LogP contribution in [0.3, 0.4) is 0 Å². The highest BCUT2D eigenvalue weighted by atomic mass is 16.3. The summed E-state index contributed by atoms with van der Waals surface area (Å²) < 4.78 is 2.37. The Bertz CT molecular complexity index is 740. The van der Waals surface area contributed by atoms with Gasteiger partial charge in [-0.05, 0) is 13.3 Å². The average molecular weight is 281 g/mol. The standard InChI is InChI=1S/C12H19N5O3/c1-7(18)5-6-15(2)11-13-8-9(14-11)16(3)12(20)17(4)10(8)19/h7,18H,5-6H2,1-4H3,(H,13,14). The Balaban J connectivity index is 2.49. The lowest BCUT2D eigenvalue weighted by molar-refractivity contribution is 0.186. The van der Waals surface area contributed by atoms with Crippen LogP contribution in [-0.4, -0.2) is 43.9 Å². The summed E-state index contributed by atoms with van der Waals surface area (Å²) in [5, 5.41) is 9.29. The fraction of sp³-hybridized carbons (Fsp3) is 0.583. The lowest BCUT2D eigenvalue weighted by Gasteiger charge is -2.16. The molecule has 1 unspecified atom stereocenters. The maximum Gasteiger partial charge on any atom is 0.332 e. The number of imidazole rings is 1. The molecule has 0 aliphatic rings. The predicted molar refractivity (Wildman–Crippen MR) is 76.1 cm³/mol. The molecule has 20 heavy (non-hydrogen) atoms. The molecule has 0 bridgehead atoms. The van der Waals surface area contributed by atoms with E-state index < -0.39 is 17.4 Å². The minimum Gasteiger partial charge on any atom is -0.393 e. The molecule has 2 heterocycles. The van der Waals surface area contributed by atoms with E-state index in [-0.39, 0.29) is 0 Å². The zero-order valence-corrected chi connectivity index (χ0v) is 12.0. The Morgan fingerprint density at radius 1 is 1.35 bits per heavy atom. The molecule has 0 amide bonds. The van der Waals surface area contributed by atoms with Gasteiger partial charge < -0.3 is 15.0 Å². The Morgan fingerprint density at radius 2 is 2.00 bits per heavy atom. The maximum absolute atomic E-state index is 12.0. The number of rotatable bonds is 4. The molecule has 0 saturated carbocycles. The molecule has 0 spiro atoms. The van der Waals surface area contributed by atoms with Crippen molar-refractivity contribution in [3.63, 3.8) is 0 Å². The molecule has 0 aromatic carbocycles. The van der Waals surface area contributed by atoms with Gasteiger partial charge in [0.25, 0.3) is 5.56 Å². The largest absolute Gasteiger partial charge is 0.393 e. The Morgan fingerprint density at radius 3 is 2.60 bits per heavy atom. The van der Waals surface area contributed by atoms with Crippen molar-refractivity contribution < 1.29 is 5.11 Å². The number of H-pyrrole nitrogens is 1. The van der Waals surface area contributed by atoms with Crippen molar-refractivity contribution >= 4 is 17.1 Å². The van der Waals surface area contributed by atoms with Gasteiger partial charge in [-0.1, -0.05) is 0 Å². The van der Waals surface area contributed by atoms with Crippen molar-refractivity contribution in [1.29, 1.82) is 0 Å². The number of anilines is 1. The Labute approximate surface area is 115 Å². The molecule has 1 atom stereocenters. The van der Waals surface area contributed by atoms with Crippen molar-refractivity contribution in [1.82, 2.24) is 19.1 Å². The number of hydrogen-bond acceptors (Lipinski definition) is 5. The van der Waals surface area contributed by atoms with E-state index in [1.165, 1.54) is 11.6 Å². The molecule has 8 heteroatoms. The fourth-order valence-electron chi connectivity index (χ4n) is 1.98. The van der Waals surface area contributed by atoms with E-state index in [9.17, 15) is 14.7 Å². The van der Waals surface area contributed by atoms with Gasteiger partial charge in [0.1, 0.15) is 0 Å². The van der Waals surface area contributed by atoms with Gasteiger partial charge in [-0.3, -0.25) is 13.9 Å². The first-order valence-corrected chi connectivity index (χ1v) is 6.38. The third-order valence-electron chi connectivity index (χ3n) is 3.33. The van der Waals surface area contributed by atoms with Gasteiger partial charge in [0, 0.05) is 27.7 Å². The number of nitrogens with one attached hydrogen (secondary N) is 1. The minimum atomic E-state index is -0.410. The van der Waals surface area contributed by atoms with E-state index in [4.69, 9.17) is 0 Å². The lowest BCUT2D eigenvalue weighted by atomic mass is 10.3. The van der Waals surface area contributed by atoms with E-state index >= 15 is 0 Å². The van der Waals surface area contributed by atoms with Crippen LogP contribution in [0.2, 0.25) is 0 Å². The van der Waals surface area contributed by atoms with Crippen LogP contribution < -0.4 is 16.1 Å². The zero-order valence-electron chi connectivity index (χ0n) is 12.0. The smallest absolute Gasteiger partial charge is 0.332 e. The van der Waals surface area contributed by atoms with Gasteiger partial charge in [-0.15, -0.1) is 0 Å². The topological polar surface area (TPSA) is 96.2 Å². The van der Waals surface area contributed by atoms with E-state index in [1.54, 1.807) is 18.9 Å². The summed E-state index contributed by atoms with van der Waals surface area (Å²) in [6, 6.07) is 0. The number of aliphatic hydroxyl groups is 1. The third kappa shape index (κ3) is 2.34. The second-order valence-corrected chi connectivity index (χ2v) is 5.02. The van der Waals surface area contributed by atoms with Crippen molar-refractivity contribution in [3.8, 4) is 0 Å². The SMILES string of the molecule is CC(O)CCN(C)c1nc2c([nH]1)c(=O)n(C)c(=O)n2C. The zero-order chi connectivity index (χ0) is 15.0. The summed E-state index contributed by atoms with van der Waals surface area (Å²) in [5.74, 6) is 0.499. The van der Waals surface area contributed by atoms with Gasteiger partial charge in [0.05, 0.1) is 6.10 Å². The van der Waals surface area contributed by atoms with E-state index in [0.29, 0.717) is 30.1 Å². The fourth-order valence-corrected chi connectivity index (χ4v) is 1.98. The van der Waals surface area contributed by atoms with E-state index in [2.05, 4.69) is 9.97 Å². The summed E-state index contributed by atoms with van der Waals surface area (Å²) in [4.78, 5) is 32.9. The molecule has 110 valence electrons. The van der Waals surface area contributed by atoms with Crippen LogP contribution in [0.25, 0.3) is 11.2 Å². The minimum absolute atomic E-state index is 0.300. The summed E-state index contributed by atoms with van der Waals surface area (Å²) in [5.41, 5.74) is -0.177. The summed E-state index contributed by atoms with van der Waals surface area (Å²) >= 11 is 0. The van der Waals surface area contributed by atoms with Crippen molar-refractivity contribution in [3.05, 3.63) is 20.8 Å². The average Bonchev–Trinajstić information content (AvgIpc) is 2.85.